The predicted molar refractivity (Wildman–Crippen MR) is 82.8 cm³/mol. The summed E-state index contributed by atoms with van der Waals surface area (Å²) in [6.45, 7) is 6.97. The number of carbonyl (C=O) groups is 2. The van der Waals surface area contributed by atoms with Crippen LogP contribution in [0.15, 0.2) is 18.2 Å². The van der Waals surface area contributed by atoms with Crippen LogP contribution in [0.1, 0.15) is 42.6 Å². The zero-order valence-corrected chi connectivity index (χ0v) is 13.6. The van der Waals surface area contributed by atoms with E-state index in [1.54, 1.807) is 11.0 Å². The Hall–Kier alpha value is -2.11. The quantitative estimate of drug-likeness (QED) is 0.799. The molecule has 1 fully saturated rings. The van der Waals surface area contributed by atoms with Gasteiger partial charge in [0, 0.05) is 37.0 Å². The molecular formula is C17H21FN2O3. The highest BCUT2D eigenvalue weighted by atomic mass is 19.1. The first-order chi connectivity index (χ1) is 10.7. The molecule has 2 amide bonds. The van der Waals surface area contributed by atoms with E-state index in [1.165, 1.54) is 12.1 Å². The number of rotatable bonds is 0. The minimum absolute atomic E-state index is 0.0112. The molecule has 3 rings (SSSR count). The SMILES string of the molecule is CC(C)(C)OC(=O)N1C[C@H]2CNC(=O)c3cc(F)ccc3[C@@H]2C1. The van der Waals surface area contributed by atoms with Gasteiger partial charge in [-0.1, -0.05) is 6.07 Å². The normalized spacial score (nSPS) is 23.7. The van der Waals surface area contributed by atoms with E-state index in [0.29, 0.717) is 25.2 Å². The van der Waals surface area contributed by atoms with Crippen LogP contribution in [0.3, 0.4) is 0 Å². The van der Waals surface area contributed by atoms with Crippen molar-refractivity contribution >= 4 is 12.0 Å². The van der Waals surface area contributed by atoms with E-state index >= 15 is 0 Å². The molecule has 2 aliphatic rings. The lowest BCUT2D eigenvalue weighted by molar-refractivity contribution is 0.0287. The minimum Gasteiger partial charge on any atom is -0.444 e. The fourth-order valence-electron chi connectivity index (χ4n) is 3.27. The maximum atomic E-state index is 13.5. The smallest absolute Gasteiger partial charge is 0.410 e. The van der Waals surface area contributed by atoms with Crippen molar-refractivity contribution in [3.63, 3.8) is 0 Å². The molecule has 0 aliphatic carbocycles. The van der Waals surface area contributed by atoms with Crippen LogP contribution in [0.25, 0.3) is 0 Å². The third-order valence-corrected chi connectivity index (χ3v) is 4.28. The summed E-state index contributed by atoms with van der Waals surface area (Å²) in [5.74, 6) is -0.563. The molecule has 1 N–H and O–H groups in total. The molecule has 0 unspecified atom stereocenters. The third-order valence-electron chi connectivity index (χ3n) is 4.28. The fraction of sp³-hybridized carbons (Fsp3) is 0.529. The zero-order valence-electron chi connectivity index (χ0n) is 13.6. The molecule has 124 valence electrons. The fourth-order valence-corrected chi connectivity index (χ4v) is 3.27. The number of likely N-dealkylation sites (tertiary alicyclic amines) is 1. The van der Waals surface area contributed by atoms with Crippen molar-refractivity contribution in [3.8, 4) is 0 Å². The number of benzene rings is 1. The number of hydrogen-bond donors (Lipinski definition) is 1. The van der Waals surface area contributed by atoms with E-state index < -0.39 is 11.4 Å². The highest BCUT2D eigenvalue weighted by molar-refractivity contribution is 5.96. The van der Waals surface area contributed by atoms with Gasteiger partial charge in [-0.2, -0.15) is 0 Å². The van der Waals surface area contributed by atoms with Crippen LogP contribution in [-0.2, 0) is 4.74 Å². The zero-order chi connectivity index (χ0) is 16.8. The van der Waals surface area contributed by atoms with Gasteiger partial charge in [-0.25, -0.2) is 9.18 Å². The Bertz CT molecular complexity index is 654. The molecule has 2 aliphatic heterocycles. The Labute approximate surface area is 134 Å². The van der Waals surface area contributed by atoms with Crippen LogP contribution >= 0.6 is 0 Å². The third kappa shape index (κ3) is 3.16. The molecule has 0 aromatic heterocycles. The summed E-state index contributed by atoms with van der Waals surface area (Å²) in [6, 6.07) is 4.29. The topological polar surface area (TPSA) is 58.6 Å². The van der Waals surface area contributed by atoms with Crippen LogP contribution < -0.4 is 5.32 Å². The first-order valence-electron chi connectivity index (χ1n) is 7.80. The summed E-state index contributed by atoms with van der Waals surface area (Å²) < 4.78 is 18.9. The monoisotopic (exact) mass is 320 g/mol. The molecule has 5 nitrogen and oxygen atoms in total. The molecule has 2 heterocycles. The number of halogens is 1. The lowest BCUT2D eigenvalue weighted by Crippen LogP contribution is -2.36. The molecule has 1 aromatic carbocycles. The summed E-state index contributed by atoms with van der Waals surface area (Å²) in [4.78, 5) is 26.1. The number of hydrogen-bond acceptors (Lipinski definition) is 3. The molecule has 6 heteroatoms. The number of carbonyl (C=O) groups excluding carboxylic acids is 2. The van der Waals surface area contributed by atoms with E-state index in [9.17, 15) is 14.0 Å². The second-order valence-corrected chi connectivity index (χ2v) is 7.19. The van der Waals surface area contributed by atoms with E-state index in [4.69, 9.17) is 4.74 Å². The van der Waals surface area contributed by atoms with Gasteiger partial charge in [0.05, 0.1) is 0 Å². The molecule has 0 bridgehead atoms. The van der Waals surface area contributed by atoms with Gasteiger partial charge in [0.25, 0.3) is 5.91 Å². The Kier molecular flexibility index (Phi) is 3.78. The number of nitrogens with zero attached hydrogens (tertiary/aromatic N) is 1. The van der Waals surface area contributed by atoms with Crippen molar-refractivity contribution < 1.29 is 18.7 Å². The largest absolute Gasteiger partial charge is 0.444 e. The molecular weight excluding hydrogens is 299 g/mol. The first kappa shape index (κ1) is 15.8. The summed E-state index contributed by atoms with van der Waals surface area (Å²) in [5.41, 5.74) is 0.623. The van der Waals surface area contributed by atoms with Crippen molar-refractivity contribution in [2.75, 3.05) is 19.6 Å². The van der Waals surface area contributed by atoms with Gasteiger partial charge < -0.3 is 15.0 Å². The van der Waals surface area contributed by atoms with Gasteiger partial charge in [0.1, 0.15) is 11.4 Å². The standard InChI is InChI=1S/C17H21FN2O3/c1-17(2,3)23-16(22)20-8-10-7-19-15(21)13-6-11(18)4-5-12(13)14(10)9-20/h4-6,10,14H,7-9H2,1-3H3,(H,19,21)/t10-,14-/m1/s1. The molecule has 2 atom stereocenters. The summed E-state index contributed by atoms with van der Waals surface area (Å²) in [6.07, 6.45) is -0.347. The first-order valence-corrected chi connectivity index (χ1v) is 7.80. The number of fused-ring (bicyclic) bond motifs is 3. The van der Waals surface area contributed by atoms with E-state index in [0.717, 1.165) is 5.56 Å². The average molecular weight is 320 g/mol. The summed E-state index contributed by atoms with van der Waals surface area (Å²) in [5, 5.41) is 2.82. The molecule has 23 heavy (non-hydrogen) atoms. The lowest BCUT2D eigenvalue weighted by Gasteiger charge is -2.24. The van der Waals surface area contributed by atoms with Crippen LogP contribution in [0, 0.1) is 11.7 Å². The van der Waals surface area contributed by atoms with Crippen molar-refractivity contribution in [3.05, 3.63) is 35.1 Å². The van der Waals surface area contributed by atoms with E-state index in [2.05, 4.69) is 5.32 Å². The van der Waals surface area contributed by atoms with Crippen LogP contribution in [0.5, 0.6) is 0 Å². The van der Waals surface area contributed by atoms with Crippen molar-refractivity contribution in [1.29, 1.82) is 0 Å². The maximum absolute atomic E-state index is 13.5. The number of amides is 2. The van der Waals surface area contributed by atoms with Gasteiger partial charge in [-0.05, 0) is 38.5 Å². The minimum atomic E-state index is -0.545. The molecule has 0 saturated carbocycles. The van der Waals surface area contributed by atoms with Gasteiger partial charge >= 0.3 is 6.09 Å². The molecule has 1 aromatic rings. The predicted octanol–water partition coefficient (Wildman–Crippen LogP) is 2.52. The highest BCUT2D eigenvalue weighted by Crippen LogP contribution is 2.36. The Morgan fingerprint density at radius 2 is 2.09 bits per heavy atom. The second-order valence-electron chi connectivity index (χ2n) is 7.19. The Balaban J connectivity index is 1.86. The van der Waals surface area contributed by atoms with E-state index in [1.807, 2.05) is 20.8 Å². The summed E-state index contributed by atoms with van der Waals surface area (Å²) >= 11 is 0. The van der Waals surface area contributed by atoms with Crippen LogP contribution in [0.4, 0.5) is 9.18 Å². The summed E-state index contributed by atoms with van der Waals surface area (Å²) in [7, 11) is 0. The van der Waals surface area contributed by atoms with E-state index in [-0.39, 0.29) is 23.8 Å². The van der Waals surface area contributed by atoms with Crippen molar-refractivity contribution in [2.24, 2.45) is 5.92 Å². The molecule has 0 radical (unpaired) electrons. The Morgan fingerprint density at radius 3 is 2.78 bits per heavy atom. The average Bonchev–Trinajstić information content (AvgIpc) is 2.82. The molecule has 1 saturated heterocycles. The molecule has 0 spiro atoms. The Morgan fingerprint density at radius 1 is 1.35 bits per heavy atom. The van der Waals surface area contributed by atoms with Gasteiger partial charge in [-0.15, -0.1) is 0 Å². The van der Waals surface area contributed by atoms with Gasteiger partial charge in [0.15, 0.2) is 0 Å². The van der Waals surface area contributed by atoms with Crippen molar-refractivity contribution in [1.82, 2.24) is 10.2 Å². The van der Waals surface area contributed by atoms with Crippen LogP contribution in [0.2, 0.25) is 0 Å². The maximum Gasteiger partial charge on any atom is 0.410 e. The highest BCUT2D eigenvalue weighted by Gasteiger charge is 2.41. The van der Waals surface area contributed by atoms with Gasteiger partial charge in [-0.3, -0.25) is 4.79 Å². The number of ether oxygens (including phenoxy) is 1. The van der Waals surface area contributed by atoms with Crippen LogP contribution in [-0.4, -0.2) is 42.1 Å². The van der Waals surface area contributed by atoms with Gasteiger partial charge in [0.2, 0.25) is 0 Å². The second kappa shape index (κ2) is 5.51. The number of nitrogens with one attached hydrogen (secondary N) is 1. The van der Waals surface area contributed by atoms with Crippen molar-refractivity contribution in [2.45, 2.75) is 32.3 Å². The lowest BCUT2D eigenvalue weighted by atomic mass is 9.87.